The summed E-state index contributed by atoms with van der Waals surface area (Å²) in [6, 6.07) is 13.6. The van der Waals surface area contributed by atoms with Crippen molar-refractivity contribution in [3.63, 3.8) is 0 Å². The lowest BCUT2D eigenvalue weighted by molar-refractivity contribution is 0.421. The molecule has 10 heteroatoms. The first-order valence-corrected chi connectivity index (χ1v) is 13.4. The van der Waals surface area contributed by atoms with Crippen LogP contribution in [0.4, 0.5) is 5.69 Å². The Morgan fingerprint density at radius 3 is 1.84 bits per heavy atom. The molecule has 0 spiro atoms. The minimum absolute atomic E-state index is 0.332. The second-order valence-electron chi connectivity index (χ2n) is 6.58. The van der Waals surface area contributed by atoms with E-state index in [0.29, 0.717) is 25.9 Å². The lowest BCUT2D eigenvalue weighted by Gasteiger charge is -2.43. The summed E-state index contributed by atoms with van der Waals surface area (Å²) in [6.45, 7) is 12.0. The van der Waals surface area contributed by atoms with Gasteiger partial charge in [0.1, 0.15) is 7.36 Å². The van der Waals surface area contributed by atoms with Crippen LogP contribution in [0.15, 0.2) is 47.2 Å². The third kappa shape index (κ3) is 6.14. The van der Waals surface area contributed by atoms with Crippen molar-refractivity contribution in [3.8, 4) is 0 Å². The highest BCUT2D eigenvalue weighted by Gasteiger charge is 2.34. The smallest absolute Gasteiger partial charge is 0.212 e. The largest absolute Gasteiger partial charge is 0.296 e. The molecule has 2 N–H and O–H groups in total. The predicted molar refractivity (Wildman–Crippen MR) is 142 cm³/mol. The van der Waals surface area contributed by atoms with Crippen molar-refractivity contribution in [2.75, 3.05) is 31.6 Å². The van der Waals surface area contributed by atoms with Gasteiger partial charge in [-0.3, -0.25) is 20.2 Å². The van der Waals surface area contributed by atoms with Crippen LogP contribution in [0.1, 0.15) is 27.7 Å². The number of halogens is 3. The van der Waals surface area contributed by atoms with Gasteiger partial charge in [-0.2, -0.15) is 0 Å². The Hall–Kier alpha value is -0.850. The Kier molecular flexibility index (Phi) is 10.6. The fraction of sp³-hybridized carbons (Fsp3) is 0.381. The van der Waals surface area contributed by atoms with Crippen LogP contribution in [0.3, 0.4) is 0 Å². The summed E-state index contributed by atoms with van der Waals surface area (Å²) in [5, 5.41) is 2.74. The molecule has 0 heterocycles. The molecule has 2 rings (SSSR count). The summed E-state index contributed by atoms with van der Waals surface area (Å²) in [4.78, 5) is 0. The first kappa shape index (κ1) is 26.4. The van der Waals surface area contributed by atoms with Gasteiger partial charge in [-0.1, -0.05) is 92.8 Å². The molecule has 0 radical (unpaired) electrons. The second-order valence-corrected chi connectivity index (χ2v) is 11.2. The van der Waals surface area contributed by atoms with Crippen LogP contribution in [0.5, 0.6) is 0 Å². The average Bonchev–Trinajstić information content (AvgIpc) is 2.75. The van der Waals surface area contributed by atoms with Gasteiger partial charge in [0.25, 0.3) is 0 Å². The number of anilines is 1. The number of nitrogens with zero attached hydrogens (tertiary/aromatic N) is 3. The quantitative estimate of drug-likeness (QED) is 0.214. The van der Waals surface area contributed by atoms with E-state index in [-0.39, 0.29) is 0 Å². The standard InChI is InChI=1S/C21H29Cl3N5PS/c1-5-28(6-2)30(29(7-3)8-4,17-12-10-9-11-13-17)27-21(31)26-25-20-18(23)14-16(22)15-19(20)24/h9-15,25H,5-8H2,1-4H3,(H,26,31). The van der Waals surface area contributed by atoms with Crippen LogP contribution < -0.4 is 16.2 Å². The summed E-state index contributed by atoms with van der Waals surface area (Å²) < 4.78 is 9.98. The number of benzene rings is 2. The molecule has 0 aromatic heterocycles. The maximum Gasteiger partial charge on any atom is 0.212 e. The highest BCUT2D eigenvalue weighted by atomic mass is 35.5. The summed E-state index contributed by atoms with van der Waals surface area (Å²) in [6.07, 6.45) is 0. The minimum Gasteiger partial charge on any atom is -0.296 e. The summed E-state index contributed by atoms with van der Waals surface area (Å²) in [5.74, 6) is 0. The molecule has 0 amide bonds. The van der Waals surface area contributed by atoms with Crippen LogP contribution in [-0.2, 0) is 0 Å². The van der Waals surface area contributed by atoms with Gasteiger partial charge in [-0.25, -0.2) is 4.74 Å². The number of hydrazine groups is 1. The summed E-state index contributed by atoms with van der Waals surface area (Å²) >= 11 is 24.2. The summed E-state index contributed by atoms with van der Waals surface area (Å²) in [5.41, 5.74) is 6.51. The Morgan fingerprint density at radius 1 is 0.903 bits per heavy atom. The number of rotatable bonds is 9. The number of hydrogen-bond donors (Lipinski definition) is 2. The van der Waals surface area contributed by atoms with E-state index in [9.17, 15) is 0 Å². The number of hydrogen-bond acceptors (Lipinski definition) is 2. The highest BCUT2D eigenvalue weighted by Crippen LogP contribution is 2.55. The molecule has 0 unspecified atom stereocenters. The molecule has 0 atom stereocenters. The van der Waals surface area contributed by atoms with E-state index in [1.54, 1.807) is 12.1 Å². The van der Waals surface area contributed by atoms with Crippen LogP contribution in [-0.4, -0.2) is 40.6 Å². The average molecular weight is 521 g/mol. The zero-order valence-electron chi connectivity index (χ0n) is 18.2. The molecule has 31 heavy (non-hydrogen) atoms. The topological polar surface area (TPSA) is 42.9 Å². The van der Waals surface area contributed by atoms with Crippen LogP contribution in [0.25, 0.3) is 0 Å². The van der Waals surface area contributed by atoms with Crippen molar-refractivity contribution in [2.45, 2.75) is 27.7 Å². The van der Waals surface area contributed by atoms with E-state index in [0.717, 1.165) is 31.5 Å². The molecule has 2 aromatic rings. The zero-order chi connectivity index (χ0) is 23.0. The first-order valence-electron chi connectivity index (χ1n) is 10.2. The molecule has 0 aliphatic carbocycles. The van der Waals surface area contributed by atoms with E-state index in [2.05, 4.69) is 72.2 Å². The van der Waals surface area contributed by atoms with Gasteiger partial charge in [-0.15, -0.1) is 0 Å². The lowest BCUT2D eigenvalue weighted by Crippen LogP contribution is -2.39. The highest BCUT2D eigenvalue weighted by molar-refractivity contribution is 7.81. The number of nitrogens with one attached hydrogen (secondary N) is 2. The van der Waals surface area contributed by atoms with Crippen molar-refractivity contribution in [2.24, 2.45) is 4.74 Å². The molecule has 0 aliphatic heterocycles. The Bertz CT molecular complexity index is 895. The third-order valence-corrected chi connectivity index (χ3v) is 10.2. The van der Waals surface area contributed by atoms with Gasteiger partial charge in [0, 0.05) is 36.5 Å². The molecule has 0 bridgehead atoms. The van der Waals surface area contributed by atoms with E-state index >= 15 is 0 Å². The molecular weight excluding hydrogens is 492 g/mol. The molecule has 2 aromatic carbocycles. The molecular formula is C21H29Cl3N5PS. The van der Waals surface area contributed by atoms with Crippen LogP contribution >= 0.6 is 54.4 Å². The molecule has 0 fully saturated rings. The molecule has 0 aliphatic rings. The SMILES string of the molecule is CCN(CC)P(=NC(=S)NNc1c(Cl)cc(Cl)cc1Cl)(c1ccccc1)N(CC)CC. The van der Waals surface area contributed by atoms with E-state index in [1.807, 2.05) is 6.07 Å². The fourth-order valence-electron chi connectivity index (χ4n) is 3.48. The first-order chi connectivity index (χ1) is 14.8. The van der Waals surface area contributed by atoms with E-state index in [1.165, 1.54) is 0 Å². The number of thiocarbonyl (C=S) groups is 1. The maximum absolute atomic E-state index is 6.28. The van der Waals surface area contributed by atoms with Gasteiger partial charge in [0.05, 0.1) is 15.7 Å². The molecule has 5 nitrogen and oxygen atoms in total. The monoisotopic (exact) mass is 519 g/mol. The summed E-state index contributed by atoms with van der Waals surface area (Å²) in [7, 11) is -2.32. The molecule has 170 valence electrons. The maximum atomic E-state index is 6.28. The van der Waals surface area contributed by atoms with E-state index in [4.69, 9.17) is 51.8 Å². The lowest BCUT2D eigenvalue weighted by atomic mass is 10.3. The molecule has 0 saturated heterocycles. The van der Waals surface area contributed by atoms with Crippen LogP contribution in [0, 0.1) is 0 Å². The van der Waals surface area contributed by atoms with Gasteiger partial charge in [0.15, 0.2) is 0 Å². The minimum atomic E-state index is -2.32. The Labute approximate surface area is 206 Å². The van der Waals surface area contributed by atoms with Gasteiger partial charge in [0.2, 0.25) is 5.11 Å². The Morgan fingerprint density at radius 2 is 1.39 bits per heavy atom. The van der Waals surface area contributed by atoms with Crippen LogP contribution in [0.2, 0.25) is 15.1 Å². The van der Waals surface area contributed by atoms with Gasteiger partial charge >= 0.3 is 0 Å². The second kappa shape index (κ2) is 12.4. The third-order valence-electron chi connectivity index (χ3n) is 4.88. The Balaban J connectivity index is 2.53. The van der Waals surface area contributed by atoms with Crippen molar-refractivity contribution in [3.05, 3.63) is 57.5 Å². The molecule has 0 saturated carbocycles. The van der Waals surface area contributed by atoms with Gasteiger partial charge in [-0.05, 0) is 24.4 Å². The normalized spacial score (nSPS) is 11.6. The van der Waals surface area contributed by atoms with Gasteiger partial charge < -0.3 is 0 Å². The fourth-order valence-corrected chi connectivity index (χ4v) is 8.62. The van der Waals surface area contributed by atoms with Crippen molar-refractivity contribution >= 4 is 70.5 Å². The van der Waals surface area contributed by atoms with Crippen molar-refractivity contribution < 1.29 is 0 Å². The van der Waals surface area contributed by atoms with Crippen molar-refractivity contribution in [1.82, 2.24) is 14.8 Å². The predicted octanol–water partition coefficient (Wildman–Crippen LogP) is 6.89. The zero-order valence-corrected chi connectivity index (χ0v) is 22.2. The van der Waals surface area contributed by atoms with E-state index < -0.39 is 7.36 Å². The van der Waals surface area contributed by atoms with Crippen molar-refractivity contribution in [1.29, 1.82) is 0 Å².